The first-order chi connectivity index (χ1) is 10.7. The van der Waals surface area contributed by atoms with Crippen LogP contribution >= 0.6 is 12.2 Å². The average molecular weight is 310 g/mol. The second-order valence-electron chi connectivity index (χ2n) is 5.21. The van der Waals surface area contributed by atoms with E-state index < -0.39 is 0 Å². The third-order valence-electron chi connectivity index (χ3n) is 3.85. The fourth-order valence-corrected chi connectivity index (χ4v) is 2.77. The van der Waals surface area contributed by atoms with Crippen LogP contribution in [0.4, 0.5) is 0 Å². The zero-order valence-electron chi connectivity index (χ0n) is 12.6. The molecule has 0 spiro atoms. The van der Waals surface area contributed by atoms with E-state index in [2.05, 4.69) is 40.6 Å². The van der Waals surface area contributed by atoms with Gasteiger partial charge in [0.15, 0.2) is 5.11 Å². The molecule has 0 saturated carbocycles. The Bertz CT molecular complexity index is 695. The van der Waals surface area contributed by atoms with Gasteiger partial charge in [-0.3, -0.25) is 0 Å². The van der Waals surface area contributed by atoms with E-state index >= 15 is 0 Å². The molecule has 2 aromatic carbocycles. The second-order valence-corrected chi connectivity index (χ2v) is 5.59. The summed E-state index contributed by atoms with van der Waals surface area (Å²) in [6.07, 6.45) is 2.20. The van der Waals surface area contributed by atoms with Crippen LogP contribution in [0.5, 0.6) is 5.75 Å². The monoisotopic (exact) mass is 310 g/mol. The average Bonchev–Trinajstić information content (AvgIpc) is 2.58. The van der Waals surface area contributed by atoms with Crippen molar-refractivity contribution >= 4 is 23.0 Å². The van der Waals surface area contributed by atoms with Crippen LogP contribution in [0.1, 0.15) is 17.2 Å². The topological polar surface area (TPSA) is 24.5 Å². The van der Waals surface area contributed by atoms with Gasteiger partial charge in [-0.05, 0) is 41.6 Å². The number of hydrogen-bond donors (Lipinski definition) is 1. The van der Waals surface area contributed by atoms with Gasteiger partial charge in [0.05, 0.1) is 13.2 Å². The highest BCUT2D eigenvalue weighted by Crippen LogP contribution is 2.29. The maximum absolute atomic E-state index is 5.48. The van der Waals surface area contributed by atoms with Gasteiger partial charge < -0.3 is 15.0 Å². The van der Waals surface area contributed by atoms with Crippen LogP contribution in [0.25, 0.3) is 5.70 Å². The van der Waals surface area contributed by atoms with Gasteiger partial charge in [0, 0.05) is 12.7 Å². The molecule has 0 amide bonds. The maximum Gasteiger partial charge on any atom is 0.173 e. The van der Waals surface area contributed by atoms with Crippen LogP contribution < -0.4 is 10.1 Å². The summed E-state index contributed by atoms with van der Waals surface area (Å²) in [5, 5.41) is 4.02. The predicted molar refractivity (Wildman–Crippen MR) is 93.7 cm³/mol. The highest BCUT2D eigenvalue weighted by atomic mass is 32.1. The summed E-state index contributed by atoms with van der Waals surface area (Å²) in [7, 11) is 3.68. The van der Waals surface area contributed by atoms with Gasteiger partial charge in [-0.25, -0.2) is 0 Å². The van der Waals surface area contributed by atoms with Crippen molar-refractivity contribution in [3.8, 4) is 5.75 Å². The van der Waals surface area contributed by atoms with Gasteiger partial charge in [0.2, 0.25) is 0 Å². The molecular formula is C18H18N2OS. The maximum atomic E-state index is 5.48. The summed E-state index contributed by atoms with van der Waals surface area (Å²) in [5.41, 5.74) is 3.36. The molecule has 0 aliphatic carbocycles. The van der Waals surface area contributed by atoms with E-state index in [0.717, 1.165) is 22.1 Å². The van der Waals surface area contributed by atoms with Gasteiger partial charge in [-0.2, -0.15) is 0 Å². The zero-order valence-corrected chi connectivity index (χ0v) is 13.4. The fraction of sp³-hybridized carbons (Fsp3) is 0.167. The number of ether oxygens (including phenoxy) is 1. The molecule has 3 rings (SSSR count). The fourth-order valence-electron chi connectivity index (χ4n) is 2.55. The van der Waals surface area contributed by atoms with Crippen LogP contribution in [0.15, 0.2) is 60.7 Å². The molecule has 3 nitrogen and oxygen atoms in total. The van der Waals surface area contributed by atoms with Gasteiger partial charge in [-0.1, -0.05) is 42.5 Å². The Morgan fingerprint density at radius 1 is 1.05 bits per heavy atom. The van der Waals surface area contributed by atoms with E-state index in [9.17, 15) is 0 Å². The van der Waals surface area contributed by atoms with Crippen molar-refractivity contribution in [1.82, 2.24) is 10.2 Å². The van der Waals surface area contributed by atoms with Gasteiger partial charge in [-0.15, -0.1) is 0 Å². The number of rotatable bonds is 3. The lowest BCUT2D eigenvalue weighted by Gasteiger charge is -2.34. The quantitative estimate of drug-likeness (QED) is 0.876. The Labute approximate surface area is 136 Å². The van der Waals surface area contributed by atoms with E-state index in [4.69, 9.17) is 17.0 Å². The van der Waals surface area contributed by atoms with Crippen molar-refractivity contribution in [2.75, 3.05) is 14.2 Å². The van der Waals surface area contributed by atoms with Crippen molar-refractivity contribution in [2.45, 2.75) is 6.04 Å². The van der Waals surface area contributed by atoms with Crippen molar-refractivity contribution in [3.63, 3.8) is 0 Å². The third kappa shape index (κ3) is 2.83. The SMILES string of the molecule is COc1ccc(C2C=C(c3ccccc3)NC(=S)N2C)cc1. The molecule has 112 valence electrons. The first kappa shape index (κ1) is 14.6. The standard InChI is InChI=1S/C18H18N2OS/c1-20-17(14-8-10-15(21-2)11-9-14)12-16(19-18(20)22)13-6-4-3-5-7-13/h3-12,17H,1-2H3,(H,19,22). The molecule has 1 heterocycles. The van der Waals surface area contributed by atoms with Crippen molar-refractivity contribution < 1.29 is 4.74 Å². The minimum atomic E-state index is 0.106. The molecule has 0 fully saturated rings. The predicted octanol–water partition coefficient (Wildman–Crippen LogP) is 3.60. The highest BCUT2D eigenvalue weighted by molar-refractivity contribution is 7.80. The molecule has 22 heavy (non-hydrogen) atoms. The first-order valence-electron chi connectivity index (χ1n) is 7.14. The van der Waals surface area contributed by atoms with E-state index in [-0.39, 0.29) is 6.04 Å². The lowest BCUT2D eigenvalue weighted by atomic mass is 10.0. The second kappa shape index (κ2) is 6.20. The molecule has 1 N–H and O–H groups in total. The van der Waals surface area contributed by atoms with Crippen molar-refractivity contribution in [1.29, 1.82) is 0 Å². The Morgan fingerprint density at radius 2 is 1.73 bits per heavy atom. The normalized spacial score (nSPS) is 17.7. The van der Waals surface area contributed by atoms with Crippen LogP contribution in [-0.2, 0) is 0 Å². The highest BCUT2D eigenvalue weighted by Gasteiger charge is 2.24. The molecule has 0 aromatic heterocycles. The van der Waals surface area contributed by atoms with Crippen molar-refractivity contribution in [3.05, 3.63) is 71.8 Å². The molecule has 1 unspecified atom stereocenters. The summed E-state index contributed by atoms with van der Waals surface area (Å²) in [6, 6.07) is 18.4. The molecule has 0 saturated heterocycles. The van der Waals surface area contributed by atoms with Gasteiger partial charge >= 0.3 is 0 Å². The number of thiocarbonyl (C=S) groups is 1. The number of benzene rings is 2. The zero-order chi connectivity index (χ0) is 15.5. The van der Waals surface area contributed by atoms with E-state index in [1.807, 2.05) is 37.4 Å². The number of hydrogen-bond acceptors (Lipinski definition) is 2. The lowest BCUT2D eigenvalue weighted by Crippen LogP contribution is -2.42. The number of likely N-dealkylation sites (N-methyl/N-ethyl adjacent to an activating group) is 1. The molecule has 4 heteroatoms. The summed E-state index contributed by atoms with van der Waals surface area (Å²) in [6.45, 7) is 0. The summed E-state index contributed by atoms with van der Waals surface area (Å²) < 4.78 is 5.23. The van der Waals surface area contributed by atoms with Crippen LogP contribution in [0.2, 0.25) is 0 Å². The summed E-state index contributed by atoms with van der Waals surface area (Å²) >= 11 is 5.48. The minimum absolute atomic E-state index is 0.106. The minimum Gasteiger partial charge on any atom is -0.497 e. The van der Waals surface area contributed by atoms with Crippen LogP contribution in [0.3, 0.4) is 0 Å². The summed E-state index contributed by atoms with van der Waals surface area (Å²) in [5.74, 6) is 0.857. The number of nitrogens with one attached hydrogen (secondary N) is 1. The van der Waals surface area contributed by atoms with E-state index in [1.165, 1.54) is 5.56 Å². The molecule has 1 aliphatic heterocycles. The van der Waals surface area contributed by atoms with Crippen molar-refractivity contribution in [2.24, 2.45) is 0 Å². The van der Waals surface area contributed by atoms with Crippen LogP contribution in [-0.4, -0.2) is 24.2 Å². The third-order valence-corrected chi connectivity index (χ3v) is 4.24. The molecule has 1 aliphatic rings. The van der Waals surface area contributed by atoms with Gasteiger partial charge in [0.1, 0.15) is 5.75 Å². The van der Waals surface area contributed by atoms with Gasteiger partial charge in [0.25, 0.3) is 0 Å². The molecule has 2 aromatic rings. The lowest BCUT2D eigenvalue weighted by molar-refractivity contribution is 0.411. The smallest absolute Gasteiger partial charge is 0.173 e. The van der Waals surface area contributed by atoms with E-state index in [0.29, 0.717) is 0 Å². The molecule has 0 bridgehead atoms. The molecule has 0 radical (unpaired) electrons. The molecule has 1 atom stereocenters. The Balaban J connectivity index is 1.98. The Hall–Kier alpha value is -2.33. The number of methoxy groups -OCH3 is 1. The summed E-state index contributed by atoms with van der Waals surface area (Å²) in [4.78, 5) is 2.06. The number of nitrogens with zero attached hydrogens (tertiary/aromatic N) is 1. The first-order valence-corrected chi connectivity index (χ1v) is 7.55. The molecular weight excluding hydrogens is 292 g/mol. The van der Waals surface area contributed by atoms with E-state index in [1.54, 1.807) is 7.11 Å². The largest absolute Gasteiger partial charge is 0.497 e. The Kier molecular flexibility index (Phi) is 4.11. The van der Waals surface area contributed by atoms with Crippen LogP contribution in [0, 0.1) is 0 Å². The Morgan fingerprint density at radius 3 is 2.36 bits per heavy atom.